The second-order valence-corrected chi connectivity index (χ2v) is 5.39. The average Bonchev–Trinajstić information content (AvgIpc) is 2.68. The zero-order valence-corrected chi connectivity index (χ0v) is 13.9. The molecule has 0 saturated carbocycles. The summed E-state index contributed by atoms with van der Waals surface area (Å²) in [6, 6.07) is 24.8. The van der Waals surface area contributed by atoms with Crippen LogP contribution in [0.15, 0.2) is 84.9 Å². The predicted molar refractivity (Wildman–Crippen MR) is 99.5 cm³/mol. The molecule has 0 aromatic heterocycles. The summed E-state index contributed by atoms with van der Waals surface area (Å²) in [5.41, 5.74) is 2.75. The minimum absolute atomic E-state index is 0.436. The van der Waals surface area contributed by atoms with Crippen LogP contribution in [0, 0.1) is 0 Å². The Morgan fingerprint density at radius 1 is 0.880 bits per heavy atom. The van der Waals surface area contributed by atoms with E-state index in [1.807, 2.05) is 72.8 Å². The first kappa shape index (κ1) is 16.5. The molecule has 3 rings (SSSR count). The molecule has 3 aromatic carbocycles. The molecular weight excluding hydrogens is 312 g/mol. The van der Waals surface area contributed by atoms with Crippen molar-refractivity contribution in [3.63, 3.8) is 0 Å². The van der Waals surface area contributed by atoms with E-state index >= 15 is 0 Å². The minimum atomic E-state index is -0.436. The van der Waals surface area contributed by atoms with Crippen molar-refractivity contribution in [1.29, 1.82) is 0 Å². The fourth-order valence-electron chi connectivity index (χ4n) is 2.44. The minimum Gasteiger partial charge on any atom is -0.497 e. The Morgan fingerprint density at radius 2 is 1.56 bits per heavy atom. The van der Waals surface area contributed by atoms with Crippen LogP contribution in [-0.4, -0.2) is 13.1 Å². The number of methoxy groups -OCH3 is 1. The van der Waals surface area contributed by atoms with E-state index in [0.717, 1.165) is 16.7 Å². The van der Waals surface area contributed by atoms with Gasteiger partial charge in [0.15, 0.2) is 0 Å². The highest BCUT2D eigenvalue weighted by Crippen LogP contribution is 2.33. The van der Waals surface area contributed by atoms with E-state index in [9.17, 15) is 4.79 Å². The fraction of sp³-hybridized carbons (Fsp3) is 0.0455. The van der Waals surface area contributed by atoms with Crippen molar-refractivity contribution in [1.82, 2.24) is 0 Å². The maximum absolute atomic E-state index is 12.2. The number of carbonyl (C=O) groups excluding carboxylic acids is 1. The Balaban J connectivity index is 1.85. The lowest BCUT2D eigenvalue weighted by Crippen LogP contribution is -2.05. The van der Waals surface area contributed by atoms with Crippen LogP contribution < -0.4 is 9.47 Å². The second kappa shape index (κ2) is 7.97. The Morgan fingerprint density at radius 3 is 2.24 bits per heavy atom. The van der Waals surface area contributed by atoms with E-state index < -0.39 is 5.97 Å². The van der Waals surface area contributed by atoms with Gasteiger partial charge in [0.25, 0.3) is 0 Å². The fourth-order valence-corrected chi connectivity index (χ4v) is 2.44. The molecular formula is C22H18O3. The van der Waals surface area contributed by atoms with E-state index in [-0.39, 0.29) is 0 Å². The molecule has 3 aromatic rings. The molecule has 0 spiro atoms. The van der Waals surface area contributed by atoms with Crippen LogP contribution in [0.25, 0.3) is 17.2 Å². The Hall–Kier alpha value is -3.33. The van der Waals surface area contributed by atoms with Gasteiger partial charge in [-0.15, -0.1) is 0 Å². The van der Waals surface area contributed by atoms with Crippen molar-refractivity contribution < 1.29 is 14.3 Å². The maximum atomic E-state index is 12.2. The number of carbonyl (C=O) groups is 1. The van der Waals surface area contributed by atoms with Crippen LogP contribution in [0.4, 0.5) is 0 Å². The van der Waals surface area contributed by atoms with Gasteiger partial charge in [-0.05, 0) is 29.3 Å². The van der Waals surface area contributed by atoms with Gasteiger partial charge in [0.1, 0.15) is 11.5 Å². The molecule has 124 valence electrons. The predicted octanol–water partition coefficient (Wildman–Crippen LogP) is 4.98. The van der Waals surface area contributed by atoms with Gasteiger partial charge in [0, 0.05) is 17.7 Å². The van der Waals surface area contributed by atoms with E-state index in [4.69, 9.17) is 9.47 Å². The van der Waals surface area contributed by atoms with Crippen molar-refractivity contribution in [2.24, 2.45) is 0 Å². The van der Waals surface area contributed by atoms with Crippen molar-refractivity contribution in [2.45, 2.75) is 0 Å². The van der Waals surface area contributed by atoms with Crippen molar-refractivity contribution >= 4 is 12.0 Å². The van der Waals surface area contributed by atoms with E-state index in [1.54, 1.807) is 19.3 Å². The lowest BCUT2D eigenvalue weighted by molar-refractivity contribution is -0.128. The van der Waals surface area contributed by atoms with E-state index in [0.29, 0.717) is 11.5 Å². The third-order valence-corrected chi connectivity index (χ3v) is 3.70. The zero-order chi connectivity index (χ0) is 17.5. The second-order valence-electron chi connectivity index (χ2n) is 5.39. The molecule has 0 bridgehead atoms. The van der Waals surface area contributed by atoms with Crippen LogP contribution in [0.2, 0.25) is 0 Å². The highest BCUT2D eigenvalue weighted by Gasteiger charge is 2.11. The van der Waals surface area contributed by atoms with Gasteiger partial charge in [-0.1, -0.05) is 60.7 Å². The number of hydrogen-bond donors (Lipinski definition) is 0. The smallest absolute Gasteiger partial charge is 0.336 e. The summed E-state index contributed by atoms with van der Waals surface area (Å²) in [5, 5.41) is 0. The van der Waals surface area contributed by atoms with Crippen LogP contribution in [-0.2, 0) is 4.79 Å². The van der Waals surface area contributed by atoms with Crippen LogP contribution >= 0.6 is 0 Å². The summed E-state index contributed by atoms with van der Waals surface area (Å²) >= 11 is 0. The van der Waals surface area contributed by atoms with Crippen molar-refractivity contribution in [2.75, 3.05) is 7.11 Å². The molecule has 0 amide bonds. The van der Waals surface area contributed by atoms with Gasteiger partial charge < -0.3 is 9.47 Å². The highest BCUT2D eigenvalue weighted by atomic mass is 16.5. The number of esters is 1. The highest BCUT2D eigenvalue weighted by molar-refractivity contribution is 5.90. The molecule has 0 unspecified atom stereocenters. The van der Waals surface area contributed by atoms with Crippen molar-refractivity contribution in [3.05, 3.63) is 90.5 Å². The first-order valence-electron chi connectivity index (χ1n) is 7.94. The quantitative estimate of drug-likeness (QED) is 0.376. The van der Waals surface area contributed by atoms with Gasteiger partial charge in [0.05, 0.1) is 7.11 Å². The standard InChI is InChI=1S/C22H18O3/c1-24-19-13-14-20(18-10-6-3-7-11-18)21(16-19)25-22(23)15-12-17-8-4-2-5-9-17/h2-16H,1H3. The van der Waals surface area contributed by atoms with Gasteiger partial charge in [0.2, 0.25) is 0 Å². The normalized spacial score (nSPS) is 10.6. The third-order valence-electron chi connectivity index (χ3n) is 3.70. The maximum Gasteiger partial charge on any atom is 0.336 e. The third kappa shape index (κ3) is 4.36. The Kier molecular flexibility index (Phi) is 5.27. The Labute approximate surface area is 147 Å². The van der Waals surface area contributed by atoms with Gasteiger partial charge in [-0.3, -0.25) is 0 Å². The molecule has 0 fully saturated rings. The van der Waals surface area contributed by atoms with Gasteiger partial charge in [-0.2, -0.15) is 0 Å². The van der Waals surface area contributed by atoms with Gasteiger partial charge >= 0.3 is 5.97 Å². The van der Waals surface area contributed by atoms with E-state index in [2.05, 4.69) is 0 Å². The van der Waals surface area contributed by atoms with Gasteiger partial charge in [-0.25, -0.2) is 4.79 Å². The Bertz CT molecular complexity index is 868. The molecule has 0 N–H and O–H groups in total. The molecule has 0 radical (unpaired) electrons. The number of benzene rings is 3. The van der Waals surface area contributed by atoms with Crippen LogP contribution in [0.3, 0.4) is 0 Å². The summed E-state index contributed by atoms with van der Waals surface area (Å²) in [7, 11) is 1.58. The molecule has 0 aliphatic heterocycles. The molecule has 0 atom stereocenters. The lowest BCUT2D eigenvalue weighted by Gasteiger charge is -2.11. The van der Waals surface area contributed by atoms with Crippen LogP contribution in [0.1, 0.15) is 5.56 Å². The molecule has 25 heavy (non-hydrogen) atoms. The molecule has 3 heteroatoms. The molecule has 0 aliphatic rings. The topological polar surface area (TPSA) is 35.5 Å². The first-order valence-corrected chi connectivity index (χ1v) is 7.94. The van der Waals surface area contributed by atoms with E-state index in [1.165, 1.54) is 6.08 Å². The average molecular weight is 330 g/mol. The largest absolute Gasteiger partial charge is 0.497 e. The molecule has 0 saturated heterocycles. The zero-order valence-electron chi connectivity index (χ0n) is 13.9. The summed E-state index contributed by atoms with van der Waals surface area (Å²) in [4.78, 5) is 12.2. The SMILES string of the molecule is COc1ccc(-c2ccccc2)c(OC(=O)C=Cc2ccccc2)c1. The molecule has 0 aliphatic carbocycles. The monoisotopic (exact) mass is 330 g/mol. The summed E-state index contributed by atoms with van der Waals surface area (Å²) < 4.78 is 10.8. The number of ether oxygens (including phenoxy) is 2. The van der Waals surface area contributed by atoms with Crippen molar-refractivity contribution in [3.8, 4) is 22.6 Å². The lowest BCUT2D eigenvalue weighted by atomic mass is 10.0. The number of rotatable bonds is 5. The summed E-state index contributed by atoms with van der Waals surface area (Å²) in [6.07, 6.45) is 3.15. The molecule has 3 nitrogen and oxygen atoms in total. The van der Waals surface area contributed by atoms with Crippen LogP contribution in [0.5, 0.6) is 11.5 Å². The molecule has 0 heterocycles. The summed E-state index contributed by atoms with van der Waals surface area (Å²) in [5.74, 6) is 0.664. The number of hydrogen-bond acceptors (Lipinski definition) is 3. The summed E-state index contributed by atoms with van der Waals surface area (Å²) in [6.45, 7) is 0. The first-order chi connectivity index (χ1) is 12.3.